The lowest BCUT2D eigenvalue weighted by Gasteiger charge is -2.38. The first-order chi connectivity index (χ1) is 16.2. The van der Waals surface area contributed by atoms with E-state index < -0.39 is 18.1 Å². The summed E-state index contributed by atoms with van der Waals surface area (Å²) in [5.74, 6) is -0.00252. The van der Waals surface area contributed by atoms with Gasteiger partial charge in [0.05, 0.1) is 17.2 Å². The van der Waals surface area contributed by atoms with Crippen molar-refractivity contribution in [2.45, 2.75) is 44.1 Å². The van der Waals surface area contributed by atoms with E-state index in [9.17, 15) is 18.0 Å². The average molecular weight is 500 g/mol. The van der Waals surface area contributed by atoms with Gasteiger partial charge in [-0.3, -0.25) is 4.79 Å². The van der Waals surface area contributed by atoms with E-state index in [1.165, 1.54) is 18.2 Å². The van der Waals surface area contributed by atoms with Gasteiger partial charge < -0.3 is 24.2 Å². The van der Waals surface area contributed by atoms with E-state index in [0.29, 0.717) is 24.5 Å². The number of fused-ring (bicyclic) bond motifs is 2. The first-order valence-electron chi connectivity index (χ1n) is 11.0. The molecule has 1 N–H and O–H groups in total. The van der Waals surface area contributed by atoms with E-state index in [4.69, 9.17) is 26.2 Å². The van der Waals surface area contributed by atoms with E-state index in [1.54, 1.807) is 12.1 Å². The first-order valence-corrected chi connectivity index (χ1v) is 11.4. The third kappa shape index (κ3) is 5.70. The van der Waals surface area contributed by atoms with Crippen LogP contribution in [0.4, 0.5) is 13.2 Å². The largest absolute Gasteiger partial charge is 0.573 e. The molecule has 4 rings (SSSR count). The molecule has 0 unspecified atom stereocenters. The number of hydrogen-bond donors (Lipinski definition) is 1. The monoisotopic (exact) mass is 499 g/mol. The summed E-state index contributed by atoms with van der Waals surface area (Å²) in [5, 5.41) is 8.93. The van der Waals surface area contributed by atoms with E-state index in [0.717, 1.165) is 38.0 Å². The minimum Gasteiger partial charge on any atom is -0.492 e. The van der Waals surface area contributed by atoms with Crippen molar-refractivity contribution in [2.75, 3.05) is 26.2 Å². The highest BCUT2D eigenvalue weighted by atomic mass is 35.5. The number of nitrogens with zero attached hydrogens (tertiary/aromatic N) is 1. The topological polar surface area (TPSA) is 68.2 Å². The zero-order valence-corrected chi connectivity index (χ0v) is 19.1. The fourth-order valence-corrected chi connectivity index (χ4v) is 4.79. The molecule has 2 aliphatic heterocycles. The van der Waals surface area contributed by atoms with Gasteiger partial charge >= 0.3 is 12.3 Å². The molecule has 0 aromatic heterocycles. The maximum Gasteiger partial charge on any atom is 0.573 e. The zero-order chi connectivity index (χ0) is 24.3. The molecule has 2 heterocycles. The Labute approximate surface area is 200 Å². The highest BCUT2D eigenvalue weighted by molar-refractivity contribution is 6.31. The molecule has 34 heavy (non-hydrogen) atoms. The summed E-state index contributed by atoms with van der Waals surface area (Å²) in [6.45, 7) is 2.87. The van der Waals surface area contributed by atoms with Crippen LogP contribution >= 0.6 is 11.6 Å². The van der Waals surface area contributed by atoms with Crippen molar-refractivity contribution >= 4 is 17.6 Å². The number of hydrogen-bond acceptors (Lipinski definition) is 5. The van der Waals surface area contributed by atoms with Crippen LogP contribution in [-0.4, -0.2) is 48.6 Å². The van der Waals surface area contributed by atoms with Crippen molar-refractivity contribution in [2.24, 2.45) is 0 Å². The number of alkyl halides is 3. The molecule has 0 atom stereocenters. The summed E-state index contributed by atoms with van der Waals surface area (Å²) in [7, 11) is 0. The molecule has 1 spiro atoms. The molecule has 1 saturated heterocycles. The van der Waals surface area contributed by atoms with Gasteiger partial charge in [0.1, 0.15) is 23.9 Å². The third-order valence-electron chi connectivity index (χ3n) is 6.39. The molecule has 184 valence electrons. The quantitative estimate of drug-likeness (QED) is 0.524. The van der Waals surface area contributed by atoms with Gasteiger partial charge in [0.25, 0.3) is 0 Å². The average Bonchev–Trinajstić information content (AvgIpc) is 3.11. The molecule has 0 amide bonds. The van der Waals surface area contributed by atoms with Crippen LogP contribution < -0.4 is 14.2 Å². The van der Waals surface area contributed by atoms with Crippen molar-refractivity contribution in [3.8, 4) is 17.2 Å². The van der Waals surface area contributed by atoms with Gasteiger partial charge in [0.15, 0.2) is 0 Å². The zero-order valence-electron chi connectivity index (χ0n) is 18.4. The minimum absolute atomic E-state index is 0.0897. The van der Waals surface area contributed by atoms with E-state index in [-0.39, 0.29) is 29.0 Å². The smallest absolute Gasteiger partial charge is 0.492 e. The summed E-state index contributed by atoms with van der Waals surface area (Å²) < 4.78 is 53.9. The second kappa shape index (κ2) is 9.92. The molecule has 0 radical (unpaired) electrons. The second-order valence-corrected chi connectivity index (χ2v) is 9.03. The van der Waals surface area contributed by atoms with Crippen molar-refractivity contribution in [1.82, 2.24) is 4.90 Å². The van der Waals surface area contributed by atoms with Gasteiger partial charge in [0, 0.05) is 23.5 Å². The van der Waals surface area contributed by atoms with Crippen LogP contribution in [0.15, 0.2) is 36.4 Å². The molecule has 2 aromatic rings. The van der Waals surface area contributed by atoms with Crippen molar-refractivity contribution in [3.63, 3.8) is 0 Å². The molecular weight excluding hydrogens is 475 g/mol. The summed E-state index contributed by atoms with van der Waals surface area (Å²) in [6, 6.07) is 9.55. The Kier molecular flexibility index (Phi) is 7.14. The van der Waals surface area contributed by atoms with Crippen LogP contribution in [0.2, 0.25) is 5.02 Å². The van der Waals surface area contributed by atoms with Gasteiger partial charge in [-0.15, -0.1) is 13.2 Å². The number of likely N-dealkylation sites (tertiary alicyclic amines) is 1. The van der Waals surface area contributed by atoms with Crippen LogP contribution in [0.1, 0.15) is 36.8 Å². The number of halogens is 4. The number of rotatable bonds is 8. The van der Waals surface area contributed by atoms with Gasteiger partial charge in [0.2, 0.25) is 0 Å². The molecule has 6 nitrogen and oxygen atoms in total. The molecule has 2 aliphatic rings. The fourth-order valence-electron chi connectivity index (χ4n) is 4.57. The predicted molar refractivity (Wildman–Crippen MR) is 119 cm³/mol. The Morgan fingerprint density at radius 3 is 2.68 bits per heavy atom. The molecule has 2 aromatic carbocycles. The normalized spacial score (nSPS) is 17.3. The number of aliphatic carboxylic acids is 1. The van der Waals surface area contributed by atoms with Crippen LogP contribution in [0, 0.1) is 0 Å². The van der Waals surface area contributed by atoms with E-state index in [1.807, 2.05) is 6.07 Å². The predicted octanol–water partition coefficient (Wildman–Crippen LogP) is 5.41. The van der Waals surface area contributed by atoms with Crippen LogP contribution in [0.5, 0.6) is 17.2 Å². The Morgan fingerprint density at radius 1 is 1.21 bits per heavy atom. The van der Waals surface area contributed by atoms with Crippen LogP contribution in [0.3, 0.4) is 0 Å². The van der Waals surface area contributed by atoms with Gasteiger partial charge in [-0.2, -0.15) is 0 Å². The van der Waals surface area contributed by atoms with Gasteiger partial charge in [-0.1, -0.05) is 23.7 Å². The lowest BCUT2D eigenvalue weighted by atomic mass is 9.74. The van der Waals surface area contributed by atoms with Crippen molar-refractivity contribution in [1.29, 1.82) is 0 Å². The fraction of sp³-hybridized carbons (Fsp3) is 0.458. The highest BCUT2D eigenvalue weighted by Gasteiger charge is 2.43. The third-order valence-corrected chi connectivity index (χ3v) is 6.75. The van der Waals surface area contributed by atoms with Crippen molar-refractivity contribution < 1.29 is 37.3 Å². The summed E-state index contributed by atoms with van der Waals surface area (Å²) in [4.78, 5) is 13.0. The highest BCUT2D eigenvalue weighted by Crippen LogP contribution is 2.47. The Balaban J connectivity index is 1.39. The van der Waals surface area contributed by atoms with Gasteiger partial charge in [-0.05, 0) is 57.1 Å². The maximum atomic E-state index is 12.7. The SMILES string of the molecule is O=C(O)CCCN1CCC2(CC1)COc1cc(OCc3c(Cl)cccc3OC(F)(F)F)ccc12. The summed E-state index contributed by atoms with van der Waals surface area (Å²) in [6.07, 6.45) is -2.21. The number of carboxylic acid groups (broad SMARTS) is 1. The Bertz CT molecular complexity index is 1040. The molecule has 1 fully saturated rings. The number of benzene rings is 2. The van der Waals surface area contributed by atoms with Crippen LogP contribution in [-0.2, 0) is 16.8 Å². The first kappa shape index (κ1) is 24.5. The molecule has 0 aliphatic carbocycles. The minimum atomic E-state index is -4.83. The molecule has 0 saturated carbocycles. The second-order valence-electron chi connectivity index (χ2n) is 8.62. The van der Waals surface area contributed by atoms with E-state index in [2.05, 4.69) is 9.64 Å². The number of ether oxygens (including phenoxy) is 3. The standard InChI is InChI=1S/C24H25ClF3NO5/c25-19-3-1-4-20(34-24(26,27)28)17(19)14-32-16-6-7-18-21(13-16)33-15-23(18)8-11-29(12-9-23)10-2-5-22(30)31/h1,3-4,6-7,13H,2,5,8-12,14-15H2,(H,30,31). The Hall–Kier alpha value is -2.65. The lowest BCUT2D eigenvalue weighted by Crippen LogP contribution is -2.43. The lowest BCUT2D eigenvalue weighted by molar-refractivity contribution is -0.275. The molecule has 10 heteroatoms. The molecular formula is C24H25ClF3NO5. The Morgan fingerprint density at radius 2 is 1.97 bits per heavy atom. The summed E-state index contributed by atoms with van der Waals surface area (Å²) in [5.41, 5.74) is 1.12. The maximum absolute atomic E-state index is 12.7. The number of carboxylic acids is 1. The van der Waals surface area contributed by atoms with Gasteiger partial charge in [-0.25, -0.2) is 0 Å². The number of piperidine rings is 1. The summed E-state index contributed by atoms with van der Waals surface area (Å²) >= 11 is 6.09. The van der Waals surface area contributed by atoms with E-state index >= 15 is 0 Å². The number of carbonyl (C=O) groups is 1. The van der Waals surface area contributed by atoms with Crippen LogP contribution in [0.25, 0.3) is 0 Å². The van der Waals surface area contributed by atoms with Crippen molar-refractivity contribution in [3.05, 3.63) is 52.5 Å². The molecule has 0 bridgehead atoms.